The molecule has 0 aromatic carbocycles. The van der Waals surface area contributed by atoms with E-state index in [2.05, 4.69) is 12.7 Å². The van der Waals surface area contributed by atoms with Gasteiger partial charge in [0.2, 0.25) is 6.41 Å². The van der Waals surface area contributed by atoms with Gasteiger partial charge < -0.3 is 10.8 Å². The van der Waals surface area contributed by atoms with Crippen LogP contribution in [-0.4, -0.2) is 17.5 Å². The van der Waals surface area contributed by atoms with E-state index in [1.165, 1.54) is 83.5 Å². The van der Waals surface area contributed by atoms with Gasteiger partial charge in [0, 0.05) is 6.42 Å². The molecule has 0 unspecified atom stereocenters. The van der Waals surface area contributed by atoms with Crippen molar-refractivity contribution in [2.75, 3.05) is 0 Å². The van der Waals surface area contributed by atoms with E-state index < -0.39 is 5.97 Å². The van der Waals surface area contributed by atoms with Crippen LogP contribution in [0.1, 0.15) is 110 Å². The maximum absolute atomic E-state index is 10.3. The van der Waals surface area contributed by atoms with Gasteiger partial charge in [0.05, 0.1) is 0 Å². The first-order valence-electron chi connectivity index (χ1n) is 9.56. The normalized spacial score (nSPS) is 9.96. The lowest BCUT2D eigenvalue weighted by atomic mass is 10.0. The van der Waals surface area contributed by atoms with Crippen LogP contribution in [0.2, 0.25) is 0 Å². The van der Waals surface area contributed by atoms with Gasteiger partial charge in [0.25, 0.3) is 0 Å². The van der Waals surface area contributed by atoms with Gasteiger partial charge in [-0.15, -0.1) is 0 Å². The molecule has 4 heteroatoms. The second kappa shape index (κ2) is 23.2. The second-order valence-corrected chi connectivity index (χ2v) is 6.23. The number of unbranched alkanes of at least 4 members (excludes halogenated alkanes) is 14. The number of carbonyl (C=O) groups excluding carboxylic acids is 1. The Morgan fingerprint density at radius 3 is 1.26 bits per heavy atom. The number of amides is 1. The molecule has 3 N–H and O–H groups in total. The maximum Gasteiger partial charge on any atom is 0.303 e. The van der Waals surface area contributed by atoms with E-state index in [1.54, 1.807) is 0 Å². The van der Waals surface area contributed by atoms with Crippen LogP contribution in [0.15, 0.2) is 0 Å². The average molecular weight is 330 g/mol. The van der Waals surface area contributed by atoms with Crippen LogP contribution in [-0.2, 0) is 9.59 Å². The van der Waals surface area contributed by atoms with E-state index >= 15 is 0 Å². The molecule has 0 heterocycles. The van der Waals surface area contributed by atoms with Crippen molar-refractivity contribution in [3.8, 4) is 0 Å². The van der Waals surface area contributed by atoms with E-state index in [-0.39, 0.29) is 6.41 Å². The van der Waals surface area contributed by atoms with Gasteiger partial charge in [-0.3, -0.25) is 9.59 Å². The molecule has 1 amide bonds. The van der Waals surface area contributed by atoms with Crippen LogP contribution in [0.5, 0.6) is 0 Å². The Balaban J connectivity index is 0. The van der Waals surface area contributed by atoms with Crippen molar-refractivity contribution in [1.82, 2.24) is 0 Å². The quantitative estimate of drug-likeness (QED) is 0.292. The summed E-state index contributed by atoms with van der Waals surface area (Å²) in [6, 6.07) is 0. The largest absolute Gasteiger partial charge is 0.481 e. The molecule has 0 rings (SSSR count). The van der Waals surface area contributed by atoms with Crippen molar-refractivity contribution in [1.29, 1.82) is 0 Å². The predicted octanol–water partition coefficient (Wildman–Crippen LogP) is 5.43. The molecule has 0 atom stereocenters. The number of hydrogen-bond acceptors (Lipinski definition) is 2. The van der Waals surface area contributed by atoms with E-state index in [0.717, 1.165) is 12.8 Å². The van der Waals surface area contributed by atoms with Gasteiger partial charge in [-0.05, 0) is 6.42 Å². The van der Waals surface area contributed by atoms with Crippen LogP contribution < -0.4 is 5.73 Å². The number of nitrogens with two attached hydrogens (primary N) is 1. The first-order valence-corrected chi connectivity index (χ1v) is 9.56. The summed E-state index contributed by atoms with van der Waals surface area (Å²) in [5, 5.41) is 8.52. The molecule has 23 heavy (non-hydrogen) atoms. The number of rotatable bonds is 16. The minimum absolute atomic E-state index is 0.250. The van der Waals surface area contributed by atoms with Crippen LogP contribution in [0.25, 0.3) is 0 Å². The first-order chi connectivity index (χ1) is 11.2. The van der Waals surface area contributed by atoms with E-state index in [1.807, 2.05) is 0 Å². The summed E-state index contributed by atoms with van der Waals surface area (Å²) in [7, 11) is 0. The Bertz CT molecular complexity index is 245. The molecule has 4 nitrogen and oxygen atoms in total. The molecule has 0 spiro atoms. The summed E-state index contributed by atoms with van der Waals surface area (Å²) in [6.45, 7) is 2.27. The SMILES string of the molecule is CCCCCCCCCCCCCCCCCC(=O)O.NC=O. The summed E-state index contributed by atoms with van der Waals surface area (Å²) in [5.74, 6) is -0.653. The van der Waals surface area contributed by atoms with Gasteiger partial charge in [-0.1, -0.05) is 96.8 Å². The van der Waals surface area contributed by atoms with Crippen molar-refractivity contribution >= 4 is 12.4 Å². The first kappa shape index (κ1) is 24.2. The summed E-state index contributed by atoms with van der Waals surface area (Å²) in [6.07, 6.45) is 20.4. The minimum atomic E-state index is -0.653. The number of aliphatic carboxylic acids is 1. The van der Waals surface area contributed by atoms with Crippen molar-refractivity contribution < 1.29 is 14.7 Å². The third-order valence-corrected chi connectivity index (χ3v) is 3.99. The van der Waals surface area contributed by atoms with Crippen LogP contribution in [0.4, 0.5) is 0 Å². The zero-order chi connectivity index (χ0) is 17.6. The van der Waals surface area contributed by atoms with Crippen LogP contribution in [0, 0.1) is 0 Å². The minimum Gasteiger partial charge on any atom is -0.481 e. The number of carboxylic acids is 1. The molecule has 0 aromatic rings. The zero-order valence-electron chi connectivity index (χ0n) is 15.2. The summed E-state index contributed by atoms with van der Waals surface area (Å²) in [4.78, 5) is 18.9. The Morgan fingerprint density at radius 2 is 1.00 bits per heavy atom. The highest BCUT2D eigenvalue weighted by molar-refractivity contribution is 5.66. The number of primary amides is 1. The van der Waals surface area contributed by atoms with E-state index in [9.17, 15) is 4.79 Å². The smallest absolute Gasteiger partial charge is 0.303 e. The highest BCUT2D eigenvalue weighted by Gasteiger charge is 1.97. The summed E-state index contributed by atoms with van der Waals surface area (Å²) >= 11 is 0. The molecule has 0 aliphatic heterocycles. The standard InChI is InChI=1S/C18H36O2.CH3NO/c1-2-3-4-5-6-7-8-9-10-11-12-13-14-15-16-17-18(19)20;2-1-3/h2-17H2,1H3,(H,19,20);1H,(H2,2,3). The molecule has 0 radical (unpaired) electrons. The second-order valence-electron chi connectivity index (χ2n) is 6.23. The number of carbonyl (C=O) groups is 2. The zero-order valence-corrected chi connectivity index (χ0v) is 15.2. The Hall–Kier alpha value is -1.06. The molecular formula is C19H39NO3. The molecule has 138 valence electrons. The van der Waals surface area contributed by atoms with E-state index in [4.69, 9.17) is 9.90 Å². The molecule has 0 saturated heterocycles. The molecule has 0 aliphatic carbocycles. The monoisotopic (exact) mass is 329 g/mol. The third-order valence-electron chi connectivity index (χ3n) is 3.99. The lowest BCUT2D eigenvalue weighted by Gasteiger charge is -2.03. The molecule has 0 saturated carbocycles. The highest BCUT2D eigenvalue weighted by atomic mass is 16.4. The maximum atomic E-state index is 10.3. The summed E-state index contributed by atoms with van der Waals surface area (Å²) < 4.78 is 0. The Labute approximate surface area is 143 Å². The Kier molecular flexibility index (Phi) is 24.4. The molecule has 0 bridgehead atoms. The van der Waals surface area contributed by atoms with Gasteiger partial charge in [0.15, 0.2) is 0 Å². The number of carboxylic acid groups (broad SMARTS) is 1. The molecule has 0 aromatic heterocycles. The fourth-order valence-electron chi connectivity index (χ4n) is 2.65. The number of hydrogen-bond donors (Lipinski definition) is 2. The molecule has 0 fully saturated rings. The fraction of sp³-hybridized carbons (Fsp3) is 0.895. The highest BCUT2D eigenvalue weighted by Crippen LogP contribution is 2.13. The summed E-state index contributed by atoms with van der Waals surface area (Å²) in [5.41, 5.74) is 4.17. The lowest BCUT2D eigenvalue weighted by molar-refractivity contribution is -0.137. The van der Waals surface area contributed by atoms with Gasteiger partial charge in [-0.2, -0.15) is 0 Å². The lowest BCUT2D eigenvalue weighted by Crippen LogP contribution is -1.93. The predicted molar refractivity (Wildman–Crippen MR) is 97.4 cm³/mol. The average Bonchev–Trinajstić information content (AvgIpc) is 2.51. The van der Waals surface area contributed by atoms with Crippen molar-refractivity contribution in [2.45, 2.75) is 110 Å². The third kappa shape index (κ3) is 29.6. The van der Waals surface area contributed by atoms with E-state index in [0.29, 0.717) is 6.42 Å². The van der Waals surface area contributed by atoms with Gasteiger partial charge >= 0.3 is 5.97 Å². The van der Waals surface area contributed by atoms with Crippen LogP contribution in [0.3, 0.4) is 0 Å². The van der Waals surface area contributed by atoms with Crippen molar-refractivity contribution in [3.05, 3.63) is 0 Å². The van der Waals surface area contributed by atoms with Crippen LogP contribution >= 0.6 is 0 Å². The fourth-order valence-corrected chi connectivity index (χ4v) is 2.65. The Morgan fingerprint density at radius 1 is 0.739 bits per heavy atom. The van der Waals surface area contributed by atoms with Crippen molar-refractivity contribution in [3.63, 3.8) is 0 Å². The van der Waals surface area contributed by atoms with Gasteiger partial charge in [0.1, 0.15) is 0 Å². The van der Waals surface area contributed by atoms with Crippen molar-refractivity contribution in [2.24, 2.45) is 5.73 Å². The topological polar surface area (TPSA) is 80.4 Å². The molecule has 0 aliphatic rings. The van der Waals surface area contributed by atoms with Gasteiger partial charge in [-0.25, -0.2) is 0 Å². The molecular weight excluding hydrogens is 290 g/mol.